The Balaban J connectivity index is 2.54. The molecule has 0 spiro atoms. The summed E-state index contributed by atoms with van der Waals surface area (Å²) in [5.41, 5.74) is 0. The molecule has 0 aromatic heterocycles. The molecule has 1 amide bonds. The summed E-state index contributed by atoms with van der Waals surface area (Å²) in [6.07, 6.45) is -4.09. The summed E-state index contributed by atoms with van der Waals surface area (Å²) in [6, 6.07) is 2.51. The standard InChI is InChI=1S/C15H19F3N2O5S/c1-20(26(24,25)11-6-4-10(16)5-7-11)8-2-3-14(21)19-12(15(22)23)9-13(17)18/h4-7,12-13H,2-3,8-9H2,1H3,(H,19,21)(H,22,23). The number of hydrogen-bond acceptors (Lipinski definition) is 4. The molecule has 146 valence electrons. The first-order valence-corrected chi connectivity index (χ1v) is 9.00. The lowest BCUT2D eigenvalue weighted by atomic mass is 10.2. The smallest absolute Gasteiger partial charge is 0.326 e. The molecular formula is C15H19F3N2O5S. The van der Waals surface area contributed by atoms with Crippen molar-refractivity contribution in [1.82, 2.24) is 9.62 Å². The van der Waals surface area contributed by atoms with Gasteiger partial charge in [-0.2, -0.15) is 0 Å². The van der Waals surface area contributed by atoms with E-state index in [1.54, 1.807) is 0 Å². The zero-order valence-corrected chi connectivity index (χ0v) is 14.7. The van der Waals surface area contributed by atoms with Crippen molar-refractivity contribution in [3.05, 3.63) is 30.1 Å². The molecule has 1 aromatic carbocycles. The van der Waals surface area contributed by atoms with E-state index >= 15 is 0 Å². The minimum atomic E-state index is -3.86. The summed E-state index contributed by atoms with van der Waals surface area (Å²) in [7, 11) is -2.59. The molecular weight excluding hydrogens is 377 g/mol. The van der Waals surface area contributed by atoms with Crippen LogP contribution in [0.25, 0.3) is 0 Å². The Hall–Kier alpha value is -2.14. The lowest BCUT2D eigenvalue weighted by Gasteiger charge is -2.18. The average molecular weight is 396 g/mol. The molecule has 11 heteroatoms. The first-order chi connectivity index (χ1) is 12.0. The van der Waals surface area contributed by atoms with E-state index in [0.29, 0.717) is 0 Å². The van der Waals surface area contributed by atoms with Crippen molar-refractivity contribution in [2.24, 2.45) is 0 Å². The first kappa shape index (κ1) is 21.9. The van der Waals surface area contributed by atoms with Crippen LogP contribution in [0.3, 0.4) is 0 Å². The van der Waals surface area contributed by atoms with E-state index in [4.69, 9.17) is 5.11 Å². The van der Waals surface area contributed by atoms with Gasteiger partial charge in [0.25, 0.3) is 0 Å². The van der Waals surface area contributed by atoms with Crippen LogP contribution in [-0.4, -0.2) is 55.8 Å². The normalized spacial score (nSPS) is 13.0. The second-order valence-corrected chi connectivity index (χ2v) is 7.51. The van der Waals surface area contributed by atoms with Gasteiger partial charge in [0.05, 0.1) is 4.90 Å². The van der Waals surface area contributed by atoms with Gasteiger partial charge in [-0.25, -0.2) is 30.7 Å². The maximum Gasteiger partial charge on any atom is 0.326 e. The summed E-state index contributed by atoms with van der Waals surface area (Å²) in [4.78, 5) is 22.3. The largest absolute Gasteiger partial charge is 0.480 e. The Labute approximate surface area is 148 Å². The van der Waals surface area contributed by atoms with Crippen LogP contribution in [0.15, 0.2) is 29.2 Å². The molecule has 0 aliphatic heterocycles. The fourth-order valence-electron chi connectivity index (χ4n) is 2.04. The highest BCUT2D eigenvalue weighted by atomic mass is 32.2. The Kier molecular flexibility index (Phi) is 8.03. The molecule has 0 heterocycles. The number of amides is 1. The fourth-order valence-corrected chi connectivity index (χ4v) is 3.24. The Morgan fingerprint density at radius 3 is 2.31 bits per heavy atom. The highest BCUT2D eigenvalue weighted by molar-refractivity contribution is 7.89. The van der Waals surface area contributed by atoms with E-state index in [1.807, 2.05) is 5.32 Å². The number of carbonyl (C=O) groups is 2. The minimum absolute atomic E-state index is 0.0454. The summed E-state index contributed by atoms with van der Waals surface area (Å²) in [5, 5.41) is 10.7. The van der Waals surface area contributed by atoms with Gasteiger partial charge in [-0.05, 0) is 30.7 Å². The molecule has 26 heavy (non-hydrogen) atoms. The highest BCUT2D eigenvalue weighted by Crippen LogP contribution is 2.15. The van der Waals surface area contributed by atoms with E-state index < -0.39 is 46.6 Å². The van der Waals surface area contributed by atoms with E-state index in [2.05, 4.69) is 0 Å². The van der Waals surface area contributed by atoms with Crippen molar-refractivity contribution in [3.63, 3.8) is 0 Å². The van der Waals surface area contributed by atoms with Gasteiger partial charge in [0, 0.05) is 26.4 Å². The summed E-state index contributed by atoms with van der Waals surface area (Å²) in [6.45, 7) is -0.0697. The number of carboxylic acids is 1. The Morgan fingerprint density at radius 1 is 1.23 bits per heavy atom. The van der Waals surface area contributed by atoms with Crippen LogP contribution in [0, 0.1) is 5.82 Å². The van der Waals surface area contributed by atoms with E-state index in [1.165, 1.54) is 7.05 Å². The van der Waals surface area contributed by atoms with Gasteiger partial charge < -0.3 is 10.4 Å². The summed E-state index contributed by atoms with van der Waals surface area (Å²) >= 11 is 0. The van der Waals surface area contributed by atoms with Crippen LogP contribution in [-0.2, 0) is 19.6 Å². The van der Waals surface area contributed by atoms with Crippen molar-refractivity contribution in [2.75, 3.05) is 13.6 Å². The van der Waals surface area contributed by atoms with Crippen LogP contribution in [0.4, 0.5) is 13.2 Å². The van der Waals surface area contributed by atoms with Gasteiger partial charge >= 0.3 is 5.97 Å². The number of carboxylic acid groups (broad SMARTS) is 1. The summed E-state index contributed by atoms with van der Waals surface area (Å²) in [5.74, 6) is -2.93. The molecule has 1 aromatic rings. The predicted octanol–water partition coefficient (Wildman–Crippen LogP) is 1.45. The number of alkyl halides is 2. The molecule has 0 fully saturated rings. The van der Waals surface area contributed by atoms with Crippen LogP contribution in [0.1, 0.15) is 19.3 Å². The molecule has 0 bridgehead atoms. The van der Waals surface area contributed by atoms with Gasteiger partial charge in [-0.15, -0.1) is 0 Å². The molecule has 1 atom stereocenters. The lowest BCUT2D eigenvalue weighted by Crippen LogP contribution is -2.42. The number of nitrogens with one attached hydrogen (secondary N) is 1. The van der Waals surface area contributed by atoms with Crippen LogP contribution in [0.2, 0.25) is 0 Å². The van der Waals surface area contributed by atoms with E-state index in [0.717, 1.165) is 28.6 Å². The number of rotatable bonds is 10. The van der Waals surface area contributed by atoms with Crippen LogP contribution in [0.5, 0.6) is 0 Å². The first-order valence-electron chi connectivity index (χ1n) is 7.56. The lowest BCUT2D eigenvalue weighted by molar-refractivity contribution is -0.143. The number of hydrogen-bond donors (Lipinski definition) is 2. The third kappa shape index (κ3) is 6.64. The molecule has 0 radical (unpaired) electrons. The van der Waals surface area contributed by atoms with E-state index in [-0.39, 0.29) is 24.3 Å². The van der Waals surface area contributed by atoms with E-state index in [9.17, 15) is 31.2 Å². The van der Waals surface area contributed by atoms with Gasteiger partial charge in [0.2, 0.25) is 22.4 Å². The molecule has 0 saturated carbocycles. The van der Waals surface area contributed by atoms with Gasteiger partial charge in [-0.3, -0.25) is 4.79 Å². The minimum Gasteiger partial charge on any atom is -0.480 e. The second kappa shape index (κ2) is 9.53. The maximum absolute atomic E-state index is 12.9. The number of sulfonamides is 1. The number of carbonyl (C=O) groups excluding carboxylic acids is 1. The molecule has 1 rings (SSSR count). The van der Waals surface area contributed by atoms with Gasteiger partial charge in [0.1, 0.15) is 11.9 Å². The molecule has 0 aliphatic rings. The molecule has 7 nitrogen and oxygen atoms in total. The molecule has 1 unspecified atom stereocenters. The highest BCUT2D eigenvalue weighted by Gasteiger charge is 2.24. The second-order valence-electron chi connectivity index (χ2n) is 5.47. The zero-order valence-electron chi connectivity index (χ0n) is 13.9. The number of halogens is 3. The third-order valence-corrected chi connectivity index (χ3v) is 5.32. The zero-order chi connectivity index (χ0) is 19.9. The molecule has 2 N–H and O–H groups in total. The van der Waals surface area contributed by atoms with Crippen molar-refractivity contribution in [1.29, 1.82) is 0 Å². The predicted molar refractivity (Wildman–Crippen MR) is 85.6 cm³/mol. The Morgan fingerprint density at radius 2 is 1.81 bits per heavy atom. The van der Waals surface area contributed by atoms with Crippen molar-refractivity contribution >= 4 is 21.9 Å². The number of aliphatic carboxylic acids is 1. The Bertz CT molecular complexity index is 725. The monoisotopic (exact) mass is 396 g/mol. The van der Waals surface area contributed by atoms with Crippen LogP contribution >= 0.6 is 0 Å². The third-order valence-electron chi connectivity index (χ3n) is 3.45. The topological polar surface area (TPSA) is 104 Å². The maximum atomic E-state index is 12.9. The van der Waals surface area contributed by atoms with Crippen molar-refractivity contribution in [2.45, 2.75) is 36.6 Å². The summed E-state index contributed by atoms with van der Waals surface area (Å²) < 4.78 is 62.8. The number of nitrogens with zero attached hydrogens (tertiary/aromatic N) is 1. The fraction of sp³-hybridized carbons (Fsp3) is 0.467. The average Bonchev–Trinajstić information content (AvgIpc) is 2.54. The van der Waals surface area contributed by atoms with Crippen molar-refractivity contribution in [3.8, 4) is 0 Å². The number of benzene rings is 1. The van der Waals surface area contributed by atoms with Crippen molar-refractivity contribution < 1.29 is 36.3 Å². The van der Waals surface area contributed by atoms with Gasteiger partial charge in [-0.1, -0.05) is 0 Å². The van der Waals surface area contributed by atoms with Gasteiger partial charge in [0.15, 0.2) is 0 Å². The quantitative estimate of drug-likeness (QED) is 0.623. The SMILES string of the molecule is CN(CCCC(=O)NC(CC(F)F)C(=O)O)S(=O)(=O)c1ccc(F)cc1. The molecule has 0 saturated heterocycles. The molecule has 0 aliphatic carbocycles. The van der Waals surface area contributed by atoms with Crippen LogP contribution < -0.4 is 5.32 Å².